The minimum atomic E-state index is -4.94. The van der Waals surface area contributed by atoms with Crippen molar-refractivity contribution >= 4 is 12.4 Å². The van der Waals surface area contributed by atoms with Crippen molar-refractivity contribution in [2.75, 3.05) is 6.61 Å². The van der Waals surface area contributed by atoms with Gasteiger partial charge in [-0.3, -0.25) is 4.98 Å². The first-order chi connectivity index (χ1) is 9.05. The maximum Gasteiger partial charge on any atom is 1.00 e. The van der Waals surface area contributed by atoms with Crippen LogP contribution in [-0.2, 0) is 6.42 Å². The topological polar surface area (TPSA) is 22.1 Å². The minimum absolute atomic E-state index is 0. The molecule has 0 radical (unpaired) electrons. The summed E-state index contributed by atoms with van der Waals surface area (Å²) in [6.07, 6.45) is 2.31. The van der Waals surface area contributed by atoms with Gasteiger partial charge in [-0.25, -0.2) is 0 Å². The Balaban J connectivity index is 0.00000200. The molecule has 1 heterocycles. The van der Waals surface area contributed by atoms with E-state index in [2.05, 4.69) is 4.98 Å². The summed E-state index contributed by atoms with van der Waals surface area (Å²) in [5.41, 5.74) is 0.273. The first kappa shape index (κ1) is 17.7. The van der Waals surface area contributed by atoms with Crippen LogP contribution in [0.25, 0.3) is 0 Å². The third-order valence-electron chi connectivity index (χ3n) is 2.61. The Morgan fingerprint density at radius 1 is 1.00 bits per heavy atom. The summed E-state index contributed by atoms with van der Waals surface area (Å²) in [6.45, 7) is -4.56. The summed E-state index contributed by atoms with van der Waals surface area (Å²) in [4.78, 5) is 4.13. The van der Waals surface area contributed by atoms with Crippen molar-refractivity contribution in [2.45, 2.75) is 6.42 Å². The smallest absolute Gasteiger partial charge is 0.493 e. The molecular formula is C13H12BF3KNO. The molecule has 20 heavy (non-hydrogen) atoms. The maximum atomic E-state index is 12.4. The van der Waals surface area contributed by atoms with E-state index >= 15 is 0 Å². The third kappa shape index (κ3) is 5.57. The van der Waals surface area contributed by atoms with Gasteiger partial charge in [0.1, 0.15) is 5.75 Å². The summed E-state index contributed by atoms with van der Waals surface area (Å²) in [7, 11) is 0. The zero-order chi connectivity index (χ0) is 13.7. The Morgan fingerprint density at radius 3 is 2.25 bits per heavy atom. The molecule has 2 nitrogen and oxygen atoms in total. The molecule has 2 rings (SSSR count). The van der Waals surface area contributed by atoms with E-state index in [-0.39, 0.29) is 51.4 Å². The summed E-state index contributed by atoms with van der Waals surface area (Å²) < 4.78 is 42.6. The minimum Gasteiger partial charge on any atom is -0.493 e. The third-order valence-corrected chi connectivity index (χ3v) is 2.61. The molecule has 0 saturated heterocycles. The molecule has 0 aliphatic rings. The molecule has 0 saturated carbocycles. The molecular weight excluding hydrogens is 293 g/mol. The van der Waals surface area contributed by atoms with E-state index in [1.165, 1.54) is 12.1 Å². The van der Waals surface area contributed by atoms with Crippen molar-refractivity contribution in [1.82, 2.24) is 4.98 Å². The van der Waals surface area contributed by atoms with Crippen LogP contribution in [0, 0.1) is 0 Å². The molecule has 100 valence electrons. The molecule has 2 aromatic rings. The Bertz CT molecular complexity index is 519. The molecule has 1 aromatic heterocycles. The number of benzene rings is 1. The normalized spacial score (nSPS) is 10.8. The van der Waals surface area contributed by atoms with E-state index in [1.54, 1.807) is 6.20 Å². The molecule has 0 fully saturated rings. The second kappa shape index (κ2) is 8.19. The molecule has 0 bridgehead atoms. The fourth-order valence-corrected chi connectivity index (χ4v) is 1.60. The van der Waals surface area contributed by atoms with Gasteiger partial charge < -0.3 is 17.7 Å². The van der Waals surface area contributed by atoms with E-state index in [0.29, 0.717) is 18.8 Å². The van der Waals surface area contributed by atoms with Gasteiger partial charge in [-0.05, 0) is 24.3 Å². The summed E-state index contributed by atoms with van der Waals surface area (Å²) >= 11 is 0. The van der Waals surface area contributed by atoms with Gasteiger partial charge in [-0.15, -0.1) is 5.46 Å². The Hall–Kier alpha value is -0.339. The van der Waals surface area contributed by atoms with E-state index in [9.17, 15) is 12.9 Å². The van der Waals surface area contributed by atoms with Gasteiger partial charge in [0.25, 0.3) is 0 Å². The molecule has 0 aliphatic heterocycles. The zero-order valence-corrected chi connectivity index (χ0v) is 14.2. The molecule has 1 aromatic carbocycles. The average molecular weight is 305 g/mol. The number of halogens is 3. The standard InChI is InChI=1S/C13H12BF3NO.K/c15-14(16,17)11-4-6-13(7-5-11)19-10-8-12-3-1-2-9-18-12;/h1-7,9H,8,10H2;/q-1;+1. The number of ether oxygens (including phenoxy) is 1. The van der Waals surface area contributed by atoms with Crippen molar-refractivity contribution in [3.8, 4) is 5.75 Å². The van der Waals surface area contributed by atoms with Crippen LogP contribution in [0.15, 0.2) is 48.7 Å². The number of nitrogens with zero attached hydrogens (tertiary/aromatic N) is 1. The Kier molecular flexibility index (Phi) is 7.25. The van der Waals surface area contributed by atoms with Crippen LogP contribution in [0.5, 0.6) is 5.75 Å². The molecule has 0 amide bonds. The average Bonchev–Trinajstić information content (AvgIpc) is 2.39. The monoisotopic (exact) mass is 305 g/mol. The molecule has 7 heteroatoms. The van der Waals surface area contributed by atoms with Gasteiger partial charge in [0.2, 0.25) is 0 Å². The van der Waals surface area contributed by atoms with Crippen LogP contribution in [0.1, 0.15) is 5.69 Å². The fourth-order valence-electron chi connectivity index (χ4n) is 1.60. The van der Waals surface area contributed by atoms with Gasteiger partial charge in [-0.1, -0.05) is 18.2 Å². The van der Waals surface area contributed by atoms with Gasteiger partial charge in [-0.2, -0.15) is 0 Å². The van der Waals surface area contributed by atoms with Gasteiger partial charge in [0.15, 0.2) is 0 Å². The van der Waals surface area contributed by atoms with Crippen molar-refractivity contribution in [3.63, 3.8) is 0 Å². The van der Waals surface area contributed by atoms with Crippen LogP contribution in [0.3, 0.4) is 0 Å². The summed E-state index contributed by atoms with van der Waals surface area (Å²) in [5, 5.41) is 0. The number of pyridine rings is 1. The quantitative estimate of drug-likeness (QED) is 0.712. The van der Waals surface area contributed by atoms with Gasteiger partial charge >= 0.3 is 58.4 Å². The van der Waals surface area contributed by atoms with Crippen LogP contribution in [-0.4, -0.2) is 18.6 Å². The first-order valence-corrected chi connectivity index (χ1v) is 5.88. The zero-order valence-electron chi connectivity index (χ0n) is 11.1. The molecule has 0 atom stereocenters. The Labute approximate surface area is 158 Å². The number of hydrogen-bond acceptors (Lipinski definition) is 2. The van der Waals surface area contributed by atoms with E-state index in [4.69, 9.17) is 4.74 Å². The molecule has 0 spiro atoms. The number of hydrogen-bond donors (Lipinski definition) is 0. The van der Waals surface area contributed by atoms with Crippen LogP contribution < -0.4 is 61.6 Å². The predicted octanol–water partition coefficient (Wildman–Crippen LogP) is -0.239. The molecule has 0 N–H and O–H groups in total. The van der Waals surface area contributed by atoms with Crippen molar-refractivity contribution < 1.29 is 69.1 Å². The van der Waals surface area contributed by atoms with Crippen LogP contribution in [0.4, 0.5) is 12.9 Å². The SMILES string of the molecule is F[B-](F)(F)c1ccc(OCCc2ccccn2)cc1.[K+]. The summed E-state index contributed by atoms with van der Waals surface area (Å²) in [6, 6.07) is 10.3. The number of rotatable bonds is 5. The van der Waals surface area contributed by atoms with Crippen LogP contribution in [0.2, 0.25) is 0 Å². The van der Waals surface area contributed by atoms with E-state index in [1.807, 2.05) is 18.2 Å². The van der Waals surface area contributed by atoms with Crippen LogP contribution >= 0.6 is 0 Å². The largest absolute Gasteiger partial charge is 1.00 e. The first-order valence-electron chi connectivity index (χ1n) is 5.88. The van der Waals surface area contributed by atoms with Gasteiger partial charge in [0.05, 0.1) is 6.61 Å². The van der Waals surface area contributed by atoms with E-state index in [0.717, 1.165) is 17.8 Å². The van der Waals surface area contributed by atoms with Crippen molar-refractivity contribution in [1.29, 1.82) is 0 Å². The fraction of sp³-hybridized carbons (Fsp3) is 0.154. The summed E-state index contributed by atoms with van der Waals surface area (Å²) in [5.74, 6) is 0.430. The van der Waals surface area contributed by atoms with Gasteiger partial charge in [0, 0.05) is 18.3 Å². The Morgan fingerprint density at radius 2 is 1.70 bits per heavy atom. The van der Waals surface area contributed by atoms with Crippen molar-refractivity contribution in [3.05, 3.63) is 54.4 Å². The maximum absolute atomic E-state index is 12.4. The van der Waals surface area contributed by atoms with E-state index < -0.39 is 12.4 Å². The van der Waals surface area contributed by atoms with Crippen molar-refractivity contribution in [2.24, 2.45) is 0 Å². The molecule has 0 unspecified atom stereocenters. The molecule has 0 aliphatic carbocycles. The predicted molar refractivity (Wildman–Crippen MR) is 68.6 cm³/mol. The second-order valence-corrected chi connectivity index (χ2v) is 4.06. The number of aromatic nitrogens is 1. The second-order valence-electron chi connectivity index (χ2n) is 4.06.